The first-order chi connectivity index (χ1) is 49.1. The summed E-state index contributed by atoms with van der Waals surface area (Å²) in [5, 5.41) is 131. The van der Waals surface area contributed by atoms with Gasteiger partial charge in [-0.1, -0.05) is 130 Å². The number of carbonyl (C=O) groups excluding carboxylic acids is 1. The van der Waals surface area contributed by atoms with Crippen LogP contribution >= 0.6 is 47.0 Å². The third-order valence-corrected chi connectivity index (χ3v) is 22.5. The van der Waals surface area contributed by atoms with E-state index in [4.69, 9.17) is 23.7 Å². The molecule has 1 aliphatic carbocycles. The molecule has 0 radical (unpaired) electrons. The van der Waals surface area contributed by atoms with Gasteiger partial charge in [-0.25, -0.2) is 18.7 Å². The molecule has 101 heavy (non-hydrogen) atoms. The van der Waals surface area contributed by atoms with Crippen molar-refractivity contribution in [2.75, 3.05) is 26.2 Å². The smallest absolute Gasteiger partial charge is 0.159 e. The van der Waals surface area contributed by atoms with Gasteiger partial charge in [0.2, 0.25) is 0 Å². The Balaban J connectivity index is 0.000000130. The molecule has 9 aliphatic rings. The maximum atomic E-state index is 10.7. The van der Waals surface area contributed by atoms with Crippen molar-refractivity contribution in [3.8, 4) is 5.75 Å². The zero-order chi connectivity index (χ0) is 70.7. The summed E-state index contributed by atoms with van der Waals surface area (Å²) >= 11 is 5.66. The van der Waals surface area contributed by atoms with E-state index < -0.39 is 85.3 Å². The highest BCUT2D eigenvalue weighted by Crippen LogP contribution is 2.38. The van der Waals surface area contributed by atoms with Crippen LogP contribution in [0.25, 0.3) is 11.0 Å². The molecule has 4 aromatic heterocycles. The first kappa shape index (κ1) is 74.3. The highest BCUT2D eigenvalue weighted by Gasteiger charge is 2.53. The van der Waals surface area contributed by atoms with E-state index in [1.165, 1.54) is 79.2 Å². The van der Waals surface area contributed by atoms with E-state index in [2.05, 4.69) is 82.5 Å². The standard InChI is InChI=1S/C18H22N8O3S.C18H23N5O4S.C18H29N5O3S.C9H14N2O4S/c1-2-19-18-20-14-16(28)15(27)13(29-17(14)30-18)9-25-7-10(21-23-25)8-26-12-6-4-3-5-11(12)22-24-26;1-2-19-18-20-14-16(25)15(24)13(27-17(14)28-18)9-23-8-11(21-22-23)10-26-12-6-4-3-5-7-12;1-2-19-18-20-14-16(25)15(24)13(26-17(14)27-18)10-23-9-12(21-22-23)8-11-6-4-3-5-7-11;1-2-10-9-11-5-7(14)6(13)4(3-12)15-8(5)16-9/h3-7,13-17,27-28H,2,8-9H2,1H3,(H,19,20);3-8,13-17,24-25H,2,9-10H2,1H3,(H,19,20);9,11,13-17,24-25H,2-8,10H2,1H3,(H,19,20);3-8,13-14H,2H2,1H3,(H,10,11)/t3*13-,14-,15-,16-,17-;4-,5-,6-,7-,8-/m1111/s1. The van der Waals surface area contributed by atoms with Crippen LogP contribution in [-0.4, -0.2) is 273 Å². The van der Waals surface area contributed by atoms with Gasteiger partial charge in [-0.3, -0.25) is 20.0 Å². The maximum Gasteiger partial charge on any atom is 0.159 e. The van der Waals surface area contributed by atoms with Gasteiger partial charge in [0, 0.05) is 32.4 Å². The van der Waals surface area contributed by atoms with E-state index in [1.807, 2.05) is 88.5 Å². The number of para-hydroxylation sites is 2. The number of aliphatic hydroxyl groups excluding tert-OH is 8. The molecule has 20 atom stereocenters. The van der Waals surface area contributed by atoms with Crippen LogP contribution in [-0.2, 0) is 62.9 Å². The van der Waals surface area contributed by atoms with Crippen LogP contribution < -0.4 is 26.0 Å². The molecule has 34 nitrogen and oxygen atoms in total. The molecule has 8 saturated heterocycles. The van der Waals surface area contributed by atoms with Crippen molar-refractivity contribution in [3.05, 3.63) is 90.3 Å². The van der Waals surface area contributed by atoms with Crippen molar-refractivity contribution in [3.63, 3.8) is 0 Å². The molecule has 1 saturated carbocycles. The topological polar surface area (TPSA) is 445 Å². The number of ether oxygens (including phenoxy) is 5. The monoisotopic (exact) mass is 1480 g/mol. The quantitative estimate of drug-likeness (QED) is 0.0488. The summed E-state index contributed by atoms with van der Waals surface area (Å²) in [5.74, 6) is 1.47. The first-order valence-electron chi connectivity index (χ1n) is 34.1. The second-order valence-electron chi connectivity index (χ2n) is 25.3. The first-order valence-corrected chi connectivity index (χ1v) is 37.6. The van der Waals surface area contributed by atoms with E-state index in [1.54, 1.807) is 31.1 Å². The number of aldehydes is 1. The number of nitrogens with one attached hydrogen (secondary N) is 4. The summed E-state index contributed by atoms with van der Waals surface area (Å²) in [6, 6.07) is 15.7. The van der Waals surface area contributed by atoms with Gasteiger partial charge < -0.3 is 90.6 Å². The van der Waals surface area contributed by atoms with Crippen LogP contribution in [0.3, 0.4) is 0 Å². The Morgan fingerprint density at radius 2 is 0.911 bits per heavy atom. The molecule has 12 heterocycles. The number of thioether (sulfide) groups is 4. The molecule has 38 heteroatoms. The normalized spacial score (nSPS) is 34.2. The van der Waals surface area contributed by atoms with Crippen molar-refractivity contribution in [1.29, 1.82) is 0 Å². The summed E-state index contributed by atoms with van der Waals surface area (Å²) in [6.07, 6.45) is 2.70. The Bertz CT molecular complexity index is 3780. The molecule has 2 aromatic carbocycles. The maximum absolute atomic E-state index is 10.7. The number of aliphatic imine (C=N–C) groups is 4. The molecule has 12 N–H and O–H groups in total. The summed E-state index contributed by atoms with van der Waals surface area (Å²) in [5.41, 5.74) is 2.86. The van der Waals surface area contributed by atoms with Gasteiger partial charge in [-0.05, 0) is 64.3 Å². The lowest BCUT2D eigenvalue weighted by Gasteiger charge is -2.38. The van der Waals surface area contributed by atoms with Gasteiger partial charge in [-0.2, -0.15) is 0 Å². The van der Waals surface area contributed by atoms with Crippen molar-refractivity contribution < 1.29 is 69.3 Å². The molecular formula is C63H88N20O14S4. The van der Waals surface area contributed by atoms with Crippen molar-refractivity contribution in [2.45, 2.75) is 218 Å². The number of aliphatic hydroxyl groups is 8. The highest BCUT2D eigenvalue weighted by molar-refractivity contribution is 8.15. The fourth-order valence-corrected chi connectivity index (χ4v) is 17.7. The Hall–Kier alpha value is -6.47. The van der Waals surface area contributed by atoms with Gasteiger partial charge in [0.1, 0.15) is 124 Å². The fraction of sp³-hybridized carbons (Fsp3) is 0.635. The molecule has 8 aliphatic heterocycles. The summed E-state index contributed by atoms with van der Waals surface area (Å²) < 4.78 is 35.8. The van der Waals surface area contributed by atoms with Gasteiger partial charge in [0.25, 0.3) is 0 Å². The van der Waals surface area contributed by atoms with Crippen LogP contribution in [0.15, 0.2) is 93.2 Å². The molecule has 0 unspecified atom stereocenters. The van der Waals surface area contributed by atoms with Gasteiger partial charge >= 0.3 is 0 Å². The summed E-state index contributed by atoms with van der Waals surface area (Å²) in [4.78, 5) is 27.8. The van der Waals surface area contributed by atoms with Crippen LogP contribution in [0.5, 0.6) is 5.75 Å². The third kappa shape index (κ3) is 18.2. The predicted octanol–water partition coefficient (Wildman–Crippen LogP) is -0.375. The van der Waals surface area contributed by atoms with E-state index >= 15 is 0 Å². The van der Waals surface area contributed by atoms with Crippen LogP contribution in [0.4, 0.5) is 0 Å². The largest absolute Gasteiger partial charge is 0.487 e. The Morgan fingerprint density at radius 1 is 0.495 bits per heavy atom. The van der Waals surface area contributed by atoms with Gasteiger partial charge in [0.05, 0.1) is 74.0 Å². The SMILES string of the molecule is CCN=C1N[C@@H]2[C@@H](O)[C@H](O)[C@@H](C=O)O[C@@H]2S1.CCN=C1N[C@@H]2[C@@H](O)[C@H](O)[C@@H](Cn3cc(CC4CCCCC4)nn3)O[C@@H]2S1.CCN=C1N[C@@H]2[C@@H](O)[C@H](O)[C@@H](Cn3cc(COc4ccccc4)nn3)O[C@@H]2S1.CCN=C1N[C@@H]2[C@@H](O)[C@H](O)[C@@H](Cn3cc(Cn4nnc5ccccc54)nn3)O[C@@H]2S1. The van der Waals surface area contributed by atoms with Crippen molar-refractivity contribution in [2.24, 2.45) is 25.9 Å². The molecular weight excluding hydrogens is 1390 g/mol. The van der Waals surface area contributed by atoms with Crippen molar-refractivity contribution in [1.82, 2.24) is 81.2 Å². The highest BCUT2D eigenvalue weighted by atomic mass is 32.2. The Morgan fingerprint density at radius 3 is 1.39 bits per heavy atom. The number of benzene rings is 2. The number of fused-ring (bicyclic) bond motifs is 5. The predicted molar refractivity (Wildman–Crippen MR) is 376 cm³/mol. The summed E-state index contributed by atoms with van der Waals surface area (Å²) in [6.45, 7) is 12.0. The number of amidine groups is 4. The lowest BCUT2D eigenvalue weighted by molar-refractivity contribution is -0.161. The molecule has 0 bridgehead atoms. The molecule has 548 valence electrons. The van der Waals surface area contributed by atoms with E-state index in [0.717, 1.165) is 44.4 Å². The zero-order valence-electron chi connectivity index (χ0n) is 56.1. The second-order valence-corrected chi connectivity index (χ2v) is 29.6. The van der Waals surface area contributed by atoms with E-state index in [0.29, 0.717) is 74.6 Å². The molecule has 6 aromatic rings. The number of rotatable bonds is 18. The van der Waals surface area contributed by atoms with E-state index in [9.17, 15) is 45.6 Å². The van der Waals surface area contributed by atoms with Gasteiger partial charge in [0.15, 0.2) is 27.0 Å². The number of hydrogen-bond donors (Lipinski definition) is 12. The fourth-order valence-electron chi connectivity index (χ4n) is 12.9. The second kappa shape index (κ2) is 34.9. The van der Waals surface area contributed by atoms with Crippen LogP contribution in [0.1, 0.15) is 76.9 Å². The average Bonchev–Trinajstić information content (AvgIpc) is 1.71. The number of carbonyl (C=O) groups is 1. The minimum absolute atomic E-state index is 0.260. The minimum Gasteiger partial charge on any atom is -0.487 e. The molecule has 0 amide bonds. The third-order valence-electron chi connectivity index (χ3n) is 18.1. The van der Waals surface area contributed by atoms with Gasteiger partial charge in [-0.15, -0.1) is 20.4 Å². The van der Waals surface area contributed by atoms with Crippen LogP contribution in [0.2, 0.25) is 0 Å². The molecule has 15 rings (SSSR count). The number of hydrogen-bond acceptors (Lipinski definition) is 30. The number of nitrogens with zero attached hydrogens (tertiary/aromatic N) is 16. The molecule has 0 spiro atoms. The average molecular weight is 1480 g/mol. The summed E-state index contributed by atoms with van der Waals surface area (Å²) in [7, 11) is 0. The van der Waals surface area contributed by atoms with E-state index in [-0.39, 0.29) is 46.9 Å². The van der Waals surface area contributed by atoms with Crippen LogP contribution in [0, 0.1) is 5.92 Å². The Labute approximate surface area is 598 Å². The lowest BCUT2D eigenvalue weighted by atomic mass is 9.86. The molecule has 9 fully saturated rings. The zero-order valence-corrected chi connectivity index (χ0v) is 59.3. The Kier molecular flexibility index (Phi) is 25.6. The lowest BCUT2D eigenvalue weighted by Crippen LogP contribution is -2.59. The number of aromatic nitrogens is 12. The minimum atomic E-state index is -1.19. The van der Waals surface area contributed by atoms with Crippen molar-refractivity contribution >= 4 is 85.0 Å².